The van der Waals surface area contributed by atoms with Crippen molar-refractivity contribution in [1.82, 2.24) is 10.2 Å². The number of nitrogens with zero attached hydrogens (tertiary/aromatic N) is 1. The Labute approximate surface area is 128 Å². The van der Waals surface area contributed by atoms with Crippen molar-refractivity contribution in [2.45, 2.75) is 13.3 Å². The van der Waals surface area contributed by atoms with Crippen LogP contribution in [0.1, 0.15) is 22.3 Å². The standard InChI is InChI=1S/C15H21BrN2O2/c1-12-3-4-13(11-14(12)16)15(19)17-5-2-6-18-7-9-20-10-8-18/h3-4,11H,2,5-10H2,1H3,(H,17,19). The zero-order chi connectivity index (χ0) is 14.4. The van der Waals surface area contributed by atoms with Crippen LogP contribution in [0.5, 0.6) is 0 Å². The molecule has 1 aromatic carbocycles. The van der Waals surface area contributed by atoms with E-state index in [1.807, 2.05) is 25.1 Å². The highest BCUT2D eigenvalue weighted by atomic mass is 79.9. The summed E-state index contributed by atoms with van der Waals surface area (Å²) in [6, 6.07) is 5.68. The van der Waals surface area contributed by atoms with Gasteiger partial charge in [-0.25, -0.2) is 0 Å². The van der Waals surface area contributed by atoms with Gasteiger partial charge in [-0.3, -0.25) is 9.69 Å². The van der Waals surface area contributed by atoms with Gasteiger partial charge < -0.3 is 10.1 Å². The fourth-order valence-corrected chi connectivity index (χ4v) is 2.54. The lowest BCUT2D eigenvalue weighted by Gasteiger charge is -2.26. The molecule has 1 aliphatic heterocycles. The van der Waals surface area contributed by atoms with E-state index in [1.165, 1.54) is 0 Å². The second-order valence-electron chi connectivity index (χ2n) is 5.03. The van der Waals surface area contributed by atoms with Gasteiger partial charge in [0.15, 0.2) is 0 Å². The predicted octanol–water partition coefficient (Wildman–Crippen LogP) is 2.21. The number of carbonyl (C=O) groups excluding carboxylic acids is 1. The molecular weight excluding hydrogens is 320 g/mol. The average molecular weight is 341 g/mol. The van der Waals surface area contributed by atoms with E-state index >= 15 is 0 Å². The Morgan fingerprint density at radius 2 is 2.15 bits per heavy atom. The Bertz CT molecular complexity index is 459. The first kappa shape index (κ1) is 15.5. The molecule has 0 aliphatic carbocycles. The third-order valence-corrected chi connectivity index (χ3v) is 4.33. The number of halogens is 1. The molecule has 0 atom stereocenters. The number of nitrogens with one attached hydrogen (secondary N) is 1. The second-order valence-corrected chi connectivity index (χ2v) is 5.88. The molecule has 0 spiro atoms. The summed E-state index contributed by atoms with van der Waals surface area (Å²) in [6.45, 7) is 7.38. The fourth-order valence-electron chi connectivity index (χ4n) is 2.17. The van der Waals surface area contributed by atoms with E-state index in [0.717, 1.165) is 49.3 Å². The summed E-state index contributed by atoms with van der Waals surface area (Å²) in [6.07, 6.45) is 0.971. The van der Waals surface area contributed by atoms with Gasteiger partial charge in [0, 0.05) is 29.7 Å². The van der Waals surface area contributed by atoms with E-state index in [0.29, 0.717) is 12.1 Å². The number of aryl methyl sites for hydroxylation is 1. The molecule has 1 aliphatic rings. The first-order valence-electron chi connectivity index (χ1n) is 7.01. The first-order chi connectivity index (χ1) is 9.66. The Hall–Kier alpha value is -0.910. The summed E-state index contributed by atoms with van der Waals surface area (Å²) in [5.74, 6) is -0.00678. The summed E-state index contributed by atoms with van der Waals surface area (Å²) in [5, 5.41) is 2.97. The van der Waals surface area contributed by atoms with Crippen molar-refractivity contribution in [3.8, 4) is 0 Å². The van der Waals surface area contributed by atoms with Crippen LogP contribution in [0, 0.1) is 6.92 Å². The molecule has 1 amide bonds. The van der Waals surface area contributed by atoms with Crippen LogP contribution in [0.4, 0.5) is 0 Å². The molecule has 1 N–H and O–H groups in total. The number of ether oxygens (including phenoxy) is 1. The molecule has 20 heavy (non-hydrogen) atoms. The number of amides is 1. The van der Waals surface area contributed by atoms with Gasteiger partial charge in [0.1, 0.15) is 0 Å². The highest BCUT2D eigenvalue weighted by molar-refractivity contribution is 9.10. The quantitative estimate of drug-likeness (QED) is 0.835. The van der Waals surface area contributed by atoms with Crippen LogP contribution < -0.4 is 5.32 Å². The largest absolute Gasteiger partial charge is 0.379 e. The number of hydrogen-bond donors (Lipinski definition) is 1. The molecule has 1 saturated heterocycles. The zero-order valence-corrected chi connectivity index (χ0v) is 13.4. The van der Waals surface area contributed by atoms with E-state index in [4.69, 9.17) is 4.74 Å². The average Bonchev–Trinajstić information content (AvgIpc) is 2.47. The maximum Gasteiger partial charge on any atom is 0.251 e. The minimum absolute atomic E-state index is 0.00678. The van der Waals surface area contributed by atoms with Gasteiger partial charge in [-0.2, -0.15) is 0 Å². The Morgan fingerprint density at radius 3 is 2.85 bits per heavy atom. The molecule has 5 heteroatoms. The van der Waals surface area contributed by atoms with E-state index in [1.54, 1.807) is 0 Å². The van der Waals surface area contributed by atoms with Crippen molar-refractivity contribution in [2.24, 2.45) is 0 Å². The lowest BCUT2D eigenvalue weighted by molar-refractivity contribution is 0.0374. The number of carbonyl (C=O) groups is 1. The molecule has 0 radical (unpaired) electrons. The van der Waals surface area contributed by atoms with Gasteiger partial charge in [-0.1, -0.05) is 22.0 Å². The molecule has 110 valence electrons. The van der Waals surface area contributed by atoms with Gasteiger partial charge in [-0.05, 0) is 37.6 Å². The van der Waals surface area contributed by atoms with E-state index in [2.05, 4.69) is 26.1 Å². The summed E-state index contributed by atoms with van der Waals surface area (Å²) < 4.78 is 6.28. The van der Waals surface area contributed by atoms with Crippen LogP contribution in [0.3, 0.4) is 0 Å². The van der Waals surface area contributed by atoms with Crippen molar-refractivity contribution < 1.29 is 9.53 Å². The minimum atomic E-state index is -0.00678. The third kappa shape index (κ3) is 4.58. The lowest BCUT2D eigenvalue weighted by Crippen LogP contribution is -2.38. The van der Waals surface area contributed by atoms with Crippen LogP contribution in [0.25, 0.3) is 0 Å². The first-order valence-corrected chi connectivity index (χ1v) is 7.80. The van der Waals surface area contributed by atoms with Crippen molar-refractivity contribution >= 4 is 21.8 Å². The van der Waals surface area contributed by atoms with Crippen LogP contribution >= 0.6 is 15.9 Å². The van der Waals surface area contributed by atoms with Crippen LogP contribution in [-0.2, 0) is 4.74 Å². The number of rotatable bonds is 5. The SMILES string of the molecule is Cc1ccc(C(=O)NCCCN2CCOCC2)cc1Br. The molecule has 0 bridgehead atoms. The summed E-state index contributed by atoms with van der Waals surface area (Å²) in [7, 11) is 0. The van der Waals surface area contributed by atoms with Gasteiger partial charge in [-0.15, -0.1) is 0 Å². The lowest BCUT2D eigenvalue weighted by atomic mass is 10.1. The molecule has 4 nitrogen and oxygen atoms in total. The molecular formula is C15H21BrN2O2. The normalized spacial score (nSPS) is 16.1. The Balaban J connectivity index is 1.70. The summed E-state index contributed by atoms with van der Waals surface area (Å²) >= 11 is 3.45. The second kappa shape index (κ2) is 7.76. The maximum atomic E-state index is 12.0. The highest BCUT2D eigenvalue weighted by Crippen LogP contribution is 2.17. The van der Waals surface area contributed by atoms with E-state index in [-0.39, 0.29) is 5.91 Å². The van der Waals surface area contributed by atoms with Crippen LogP contribution in [0.15, 0.2) is 22.7 Å². The third-order valence-electron chi connectivity index (χ3n) is 3.47. The van der Waals surface area contributed by atoms with Gasteiger partial charge in [0.2, 0.25) is 0 Å². The Morgan fingerprint density at radius 1 is 1.40 bits per heavy atom. The highest BCUT2D eigenvalue weighted by Gasteiger charge is 2.10. The maximum absolute atomic E-state index is 12.0. The monoisotopic (exact) mass is 340 g/mol. The minimum Gasteiger partial charge on any atom is -0.379 e. The van der Waals surface area contributed by atoms with E-state index in [9.17, 15) is 4.79 Å². The summed E-state index contributed by atoms with van der Waals surface area (Å²) in [4.78, 5) is 14.4. The van der Waals surface area contributed by atoms with Crippen LogP contribution in [0.2, 0.25) is 0 Å². The van der Waals surface area contributed by atoms with Gasteiger partial charge in [0.25, 0.3) is 5.91 Å². The van der Waals surface area contributed by atoms with Gasteiger partial charge >= 0.3 is 0 Å². The molecule has 0 aromatic heterocycles. The topological polar surface area (TPSA) is 41.6 Å². The molecule has 1 aromatic rings. The fraction of sp³-hybridized carbons (Fsp3) is 0.533. The molecule has 0 saturated carbocycles. The predicted molar refractivity (Wildman–Crippen MR) is 83.1 cm³/mol. The number of hydrogen-bond acceptors (Lipinski definition) is 3. The van der Waals surface area contributed by atoms with Crippen molar-refractivity contribution in [2.75, 3.05) is 39.4 Å². The summed E-state index contributed by atoms with van der Waals surface area (Å²) in [5.41, 5.74) is 1.84. The zero-order valence-electron chi connectivity index (χ0n) is 11.8. The molecule has 1 fully saturated rings. The number of morpholine rings is 1. The van der Waals surface area contributed by atoms with Crippen molar-refractivity contribution in [3.63, 3.8) is 0 Å². The molecule has 1 heterocycles. The van der Waals surface area contributed by atoms with E-state index < -0.39 is 0 Å². The molecule has 0 unspecified atom stereocenters. The number of benzene rings is 1. The van der Waals surface area contributed by atoms with Gasteiger partial charge in [0.05, 0.1) is 13.2 Å². The van der Waals surface area contributed by atoms with Crippen molar-refractivity contribution in [1.29, 1.82) is 0 Å². The van der Waals surface area contributed by atoms with Crippen molar-refractivity contribution in [3.05, 3.63) is 33.8 Å². The smallest absolute Gasteiger partial charge is 0.251 e. The molecule has 2 rings (SSSR count). The van der Waals surface area contributed by atoms with Crippen LogP contribution in [-0.4, -0.2) is 50.2 Å². The Kier molecular flexibility index (Phi) is 6.01.